The molecule has 0 nitrogen and oxygen atoms in total. The third kappa shape index (κ3) is 40.0. The molecule has 0 heterocycles. The summed E-state index contributed by atoms with van der Waals surface area (Å²) in [5, 5.41) is 2.65. The highest BCUT2D eigenvalue weighted by Crippen LogP contribution is 2.44. The normalized spacial score (nSPS) is 15.5. The van der Waals surface area contributed by atoms with Gasteiger partial charge in [-0.2, -0.15) is 0 Å². The van der Waals surface area contributed by atoms with Gasteiger partial charge in [0.1, 0.15) is 0 Å². The van der Waals surface area contributed by atoms with Crippen molar-refractivity contribution in [3.05, 3.63) is 83.9 Å². The molecule has 3 aromatic carbocycles. The summed E-state index contributed by atoms with van der Waals surface area (Å²) in [5.41, 5.74) is 5.69. The predicted octanol–water partition coefficient (Wildman–Crippen LogP) is 26.0. The van der Waals surface area contributed by atoms with Gasteiger partial charge in [0.15, 0.2) is 0 Å². The molecule has 7 rings (SSSR count). The average Bonchev–Trinajstić information content (AvgIpc) is 4.04. The first-order valence-electron chi connectivity index (χ1n) is 30.1. The van der Waals surface area contributed by atoms with Gasteiger partial charge in [-0.05, 0) is 129 Å². The number of benzene rings is 3. The van der Waals surface area contributed by atoms with Crippen LogP contribution in [-0.2, 0) is 10.8 Å². The maximum absolute atomic E-state index is 2.38. The van der Waals surface area contributed by atoms with Crippen LogP contribution in [0.2, 0.25) is 0 Å². The van der Waals surface area contributed by atoms with Gasteiger partial charge in [0.25, 0.3) is 0 Å². The van der Waals surface area contributed by atoms with Gasteiger partial charge in [0, 0.05) is 0 Å². The lowest BCUT2D eigenvalue weighted by atomic mass is 9.69. The van der Waals surface area contributed by atoms with E-state index in [1.807, 2.05) is 83.1 Å². The minimum Gasteiger partial charge on any atom is -0.0776 e. The van der Waals surface area contributed by atoms with Crippen molar-refractivity contribution in [3.8, 4) is 0 Å². The summed E-state index contributed by atoms with van der Waals surface area (Å²) in [6.45, 7) is 65.6. The Morgan fingerprint density at radius 2 is 0.535 bits per heavy atom. The monoisotopic (exact) mass is 991 g/mol. The molecule has 4 saturated carbocycles. The van der Waals surface area contributed by atoms with Gasteiger partial charge >= 0.3 is 0 Å². The SMILES string of the molecule is C.CC.CC.CC.CC.CC.CC.CC(C)(C)C1CC1.CC(C)(C)C1CCC1.CC(C)(C)C1CCCC1.CC(C)(C)C1CCCCC1.CC(C)(C)c1ccc2ccccc2c1.CC(C)(C)c1ccccc1. The van der Waals surface area contributed by atoms with Crippen LogP contribution in [0.25, 0.3) is 10.8 Å². The van der Waals surface area contributed by atoms with E-state index in [9.17, 15) is 0 Å². The lowest BCUT2D eigenvalue weighted by Crippen LogP contribution is -2.26. The number of hydrogen-bond donors (Lipinski definition) is 0. The van der Waals surface area contributed by atoms with E-state index in [4.69, 9.17) is 0 Å². The summed E-state index contributed by atoms with van der Waals surface area (Å²) < 4.78 is 0. The van der Waals surface area contributed by atoms with E-state index in [0.717, 1.165) is 23.7 Å². The van der Waals surface area contributed by atoms with Crippen molar-refractivity contribution in [2.75, 3.05) is 0 Å². The van der Waals surface area contributed by atoms with Gasteiger partial charge in [-0.15, -0.1) is 0 Å². The summed E-state index contributed by atoms with van der Waals surface area (Å²) >= 11 is 0. The number of hydrogen-bond acceptors (Lipinski definition) is 0. The average molecular weight is 992 g/mol. The van der Waals surface area contributed by atoms with E-state index < -0.39 is 0 Å². The predicted molar refractivity (Wildman–Crippen MR) is 339 cm³/mol. The maximum atomic E-state index is 2.38. The van der Waals surface area contributed by atoms with E-state index in [1.165, 1.54) is 112 Å². The molecule has 422 valence electrons. The van der Waals surface area contributed by atoms with Crippen LogP contribution in [0.3, 0.4) is 0 Å². The topological polar surface area (TPSA) is 0 Å². The van der Waals surface area contributed by atoms with Crippen molar-refractivity contribution < 1.29 is 0 Å². The largest absolute Gasteiger partial charge is 0.0776 e. The molecule has 0 spiro atoms. The first-order valence-corrected chi connectivity index (χ1v) is 30.1. The Morgan fingerprint density at radius 1 is 0.268 bits per heavy atom. The molecule has 0 atom stereocenters. The van der Waals surface area contributed by atoms with Crippen molar-refractivity contribution >= 4 is 10.8 Å². The van der Waals surface area contributed by atoms with Gasteiger partial charge in [0.2, 0.25) is 0 Å². The van der Waals surface area contributed by atoms with Crippen molar-refractivity contribution in [1.82, 2.24) is 0 Å². The van der Waals surface area contributed by atoms with Crippen LogP contribution in [0.5, 0.6) is 0 Å². The highest BCUT2D eigenvalue weighted by atomic mass is 14.4. The molecular weight excluding hydrogens is 853 g/mol. The van der Waals surface area contributed by atoms with E-state index in [1.54, 1.807) is 0 Å². The maximum Gasteiger partial charge on any atom is -0.0132 e. The first-order chi connectivity index (χ1) is 32.6. The molecule has 4 aliphatic rings. The molecule has 0 aliphatic heterocycles. The van der Waals surface area contributed by atoms with Gasteiger partial charge in [0.05, 0.1) is 0 Å². The summed E-state index contributed by atoms with van der Waals surface area (Å²) in [6.07, 6.45) is 20.7. The molecule has 3 aromatic rings. The fourth-order valence-electron chi connectivity index (χ4n) is 8.58. The first kappa shape index (κ1) is 80.3. The molecule has 0 heteroatoms. The van der Waals surface area contributed by atoms with Crippen molar-refractivity contribution in [3.63, 3.8) is 0 Å². The van der Waals surface area contributed by atoms with Gasteiger partial charge in [-0.3, -0.25) is 0 Å². The molecule has 0 radical (unpaired) electrons. The van der Waals surface area contributed by atoms with Crippen LogP contribution in [0.1, 0.15) is 316 Å². The van der Waals surface area contributed by atoms with Crippen LogP contribution in [-0.4, -0.2) is 0 Å². The molecule has 0 unspecified atom stereocenters. The molecule has 0 amide bonds. The molecule has 0 bridgehead atoms. The fraction of sp³-hybridized carbons (Fsp3) is 0.775. The standard InChI is InChI=1S/C14H16.C10H20.C10H14.C9H18.C8H16.C7H14.6C2H6.CH4/c1-14(2,3)13-9-8-11-6-4-5-7-12(11)10-13;2*1-10(2,3)9-7-5-4-6-8-9;1-9(2,3)8-6-4-5-7-8;1-8(2,3)7-5-4-6-7;1-7(2,3)6-4-5-6;6*1-2;/h4-10H,1-3H3;9H,4-8H2,1-3H3;4-8H,1-3H3;8H,4-7H2,1-3H3;7H,4-6H2,1-3H3;6H,4-5H2,1-3H3;6*1-2H3;1H4. The summed E-state index contributed by atoms with van der Waals surface area (Å²) in [4.78, 5) is 0. The Bertz CT molecular complexity index is 1510. The molecule has 4 aliphatic carbocycles. The second-order valence-corrected chi connectivity index (χ2v) is 25.1. The third-order valence-electron chi connectivity index (χ3n) is 13.8. The lowest BCUT2D eigenvalue weighted by molar-refractivity contribution is 0.141. The van der Waals surface area contributed by atoms with Crippen LogP contribution < -0.4 is 0 Å². The minimum atomic E-state index is 0. The molecule has 0 saturated heterocycles. The fourth-order valence-corrected chi connectivity index (χ4v) is 8.58. The Balaban J connectivity index is -0.000000172. The zero-order chi connectivity index (χ0) is 56.0. The Hall–Kier alpha value is -2.08. The lowest BCUT2D eigenvalue weighted by Gasteiger charge is -2.37. The molecule has 0 N–H and O–H groups in total. The Kier molecular flexibility index (Phi) is 48.9. The Morgan fingerprint density at radius 3 is 0.761 bits per heavy atom. The highest BCUT2D eigenvalue weighted by Gasteiger charge is 2.33. The second-order valence-electron chi connectivity index (χ2n) is 25.1. The minimum absolute atomic E-state index is 0. The van der Waals surface area contributed by atoms with Gasteiger partial charge in [-0.1, -0.05) is 326 Å². The van der Waals surface area contributed by atoms with Crippen molar-refractivity contribution in [2.24, 2.45) is 45.3 Å². The van der Waals surface area contributed by atoms with Crippen molar-refractivity contribution in [2.45, 2.75) is 316 Å². The van der Waals surface area contributed by atoms with Crippen LogP contribution in [0.15, 0.2) is 72.8 Å². The van der Waals surface area contributed by atoms with Crippen LogP contribution >= 0.6 is 0 Å². The highest BCUT2D eigenvalue weighted by molar-refractivity contribution is 5.83. The molecule has 4 fully saturated rings. The third-order valence-corrected chi connectivity index (χ3v) is 13.8. The summed E-state index contributed by atoms with van der Waals surface area (Å²) in [7, 11) is 0. The van der Waals surface area contributed by atoms with Gasteiger partial charge in [-0.25, -0.2) is 0 Å². The zero-order valence-corrected chi connectivity index (χ0v) is 54.1. The summed E-state index contributed by atoms with van der Waals surface area (Å²) in [5.74, 6) is 4.09. The van der Waals surface area contributed by atoms with E-state index in [-0.39, 0.29) is 12.8 Å². The Labute approximate surface area is 453 Å². The van der Waals surface area contributed by atoms with Crippen molar-refractivity contribution in [1.29, 1.82) is 0 Å². The second kappa shape index (κ2) is 43.2. The van der Waals surface area contributed by atoms with E-state index in [2.05, 4.69) is 197 Å². The molecule has 0 aromatic heterocycles. The van der Waals surface area contributed by atoms with E-state index in [0.29, 0.717) is 27.1 Å². The number of fused-ring (bicyclic) bond motifs is 1. The summed E-state index contributed by atoms with van der Waals surface area (Å²) in [6, 6.07) is 25.8. The van der Waals surface area contributed by atoms with Gasteiger partial charge < -0.3 is 0 Å². The van der Waals surface area contributed by atoms with E-state index >= 15 is 0 Å². The molecule has 71 heavy (non-hydrogen) atoms. The molecular formula is C71H138. The zero-order valence-electron chi connectivity index (χ0n) is 54.1. The smallest absolute Gasteiger partial charge is 0.0132 e. The number of rotatable bonds is 0. The van der Waals surface area contributed by atoms with Crippen LogP contribution in [0.4, 0.5) is 0 Å². The van der Waals surface area contributed by atoms with Crippen LogP contribution in [0, 0.1) is 45.3 Å². The quantitative estimate of drug-likeness (QED) is 0.211.